The first-order valence-corrected chi connectivity index (χ1v) is 7.28. The Morgan fingerprint density at radius 2 is 2.11 bits per heavy atom. The molecule has 0 aliphatic carbocycles. The molecule has 0 saturated carbocycles. The third-order valence-corrected chi connectivity index (χ3v) is 3.48. The molecule has 1 atom stereocenters. The van der Waals surface area contributed by atoms with Crippen molar-refractivity contribution >= 4 is 5.96 Å². The van der Waals surface area contributed by atoms with Crippen molar-refractivity contribution in [1.29, 1.82) is 0 Å². The average molecular weight is 255 g/mol. The van der Waals surface area contributed by atoms with Gasteiger partial charge in [-0.1, -0.05) is 26.2 Å². The molecular formula is C14H29N3O. The van der Waals surface area contributed by atoms with Gasteiger partial charge >= 0.3 is 0 Å². The first-order chi connectivity index (χ1) is 8.70. The maximum absolute atomic E-state index is 5.75. The van der Waals surface area contributed by atoms with Crippen LogP contribution >= 0.6 is 0 Å². The number of ether oxygens (including phenoxy) is 1. The summed E-state index contributed by atoms with van der Waals surface area (Å²) in [7, 11) is 1.82. The molecule has 0 amide bonds. The van der Waals surface area contributed by atoms with Gasteiger partial charge in [0.15, 0.2) is 5.96 Å². The van der Waals surface area contributed by atoms with Crippen molar-refractivity contribution in [3.63, 3.8) is 0 Å². The Labute approximate surface area is 112 Å². The lowest BCUT2D eigenvalue weighted by atomic mass is 10.0. The van der Waals surface area contributed by atoms with Crippen molar-refractivity contribution in [3.05, 3.63) is 0 Å². The molecule has 18 heavy (non-hydrogen) atoms. The minimum atomic E-state index is -0.0141. The van der Waals surface area contributed by atoms with E-state index in [9.17, 15) is 0 Å². The van der Waals surface area contributed by atoms with E-state index in [0.717, 1.165) is 32.1 Å². The van der Waals surface area contributed by atoms with Crippen LogP contribution in [-0.4, -0.2) is 38.3 Å². The smallest absolute Gasteiger partial charge is 0.191 e. The van der Waals surface area contributed by atoms with Gasteiger partial charge in [-0.25, -0.2) is 0 Å². The number of unbranched alkanes of at least 4 members (excludes halogenated alkanes) is 3. The van der Waals surface area contributed by atoms with E-state index in [2.05, 4.69) is 29.5 Å². The standard InChI is InChI=1S/C14H29N3O/c1-4-5-6-7-10-16-13(15-3)17-12-14(2)9-8-11-18-14/h4-12H2,1-3H3,(H2,15,16,17). The normalized spacial score (nSPS) is 24.3. The second-order valence-electron chi connectivity index (χ2n) is 5.32. The zero-order valence-corrected chi connectivity index (χ0v) is 12.2. The lowest BCUT2D eigenvalue weighted by Gasteiger charge is -2.24. The highest BCUT2D eigenvalue weighted by atomic mass is 16.5. The highest BCUT2D eigenvalue weighted by Gasteiger charge is 2.29. The van der Waals surface area contributed by atoms with Crippen LogP contribution in [-0.2, 0) is 4.74 Å². The molecule has 0 bridgehead atoms. The molecule has 2 N–H and O–H groups in total. The summed E-state index contributed by atoms with van der Waals surface area (Å²) < 4.78 is 5.75. The molecule has 4 heteroatoms. The fourth-order valence-corrected chi connectivity index (χ4v) is 2.23. The summed E-state index contributed by atoms with van der Waals surface area (Å²) in [5.41, 5.74) is -0.0141. The molecule has 0 aromatic heterocycles. The molecule has 0 aromatic rings. The second-order valence-corrected chi connectivity index (χ2v) is 5.32. The third-order valence-electron chi connectivity index (χ3n) is 3.48. The SMILES string of the molecule is CCCCCCNC(=NC)NCC1(C)CCCO1. The van der Waals surface area contributed by atoms with Crippen LogP contribution in [0.4, 0.5) is 0 Å². The summed E-state index contributed by atoms with van der Waals surface area (Å²) in [6.07, 6.45) is 7.40. The van der Waals surface area contributed by atoms with Crippen LogP contribution in [0.25, 0.3) is 0 Å². The summed E-state index contributed by atoms with van der Waals surface area (Å²) in [4.78, 5) is 4.24. The van der Waals surface area contributed by atoms with Crippen molar-refractivity contribution in [2.75, 3.05) is 26.7 Å². The van der Waals surface area contributed by atoms with Gasteiger partial charge in [0.05, 0.1) is 5.60 Å². The molecule has 0 aromatic carbocycles. The topological polar surface area (TPSA) is 45.7 Å². The van der Waals surface area contributed by atoms with Crippen LogP contribution in [0.2, 0.25) is 0 Å². The quantitative estimate of drug-likeness (QED) is 0.417. The summed E-state index contributed by atoms with van der Waals surface area (Å²) in [5.74, 6) is 0.892. The van der Waals surface area contributed by atoms with Gasteiger partial charge in [0.2, 0.25) is 0 Å². The molecule has 0 spiro atoms. The zero-order valence-electron chi connectivity index (χ0n) is 12.2. The predicted molar refractivity (Wildman–Crippen MR) is 77.1 cm³/mol. The number of nitrogens with one attached hydrogen (secondary N) is 2. The third kappa shape index (κ3) is 5.71. The van der Waals surface area contributed by atoms with Crippen molar-refractivity contribution < 1.29 is 4.74 Å². The van der Waals surface area contributed by atoms with Gasteiger partial charge in [0.1, 0.15) is 0 Å². The number of hydrogen-bond donors (Lipinski definition) is 2. The summed E-state index contributed by atoms with van der Waals surface area (Å²) in [5, 5.41) is 6.71. The second kappa shape index (κ2) is 8.35. The van der Waals surface area contributed by atoms with Gasteiger partial charge in [-0.05, 0) is 26.2 Å². The van der Waals surface area contributed by atoms with E-state index in [1.54, 1.807) is 0 Å². The summed E-state index contributed by atoms with van der Waals surface area (Å²) in [6, 6.07) is 0. The van der Waals surface area contributed by atoms with Crippen molar-refractivity contribution in [2.45, 2.75) is 58.0 Å². The lowest BCUT2D eigenvalue weighted by Crippen LogP contribution is -2.45. The number of hydrogen-bond acceptors (Lipinski definition) is 2. The van der Waals surface area contributed by atoms with E-state index in [1.807, 2.05) is 7.05 Å². The Balaban J connectivity index is 2.13. The molecule has 1 heterocycles. The van der Waals surface area contributed by atoms with Crippen molar-refractivity contribution in [3.8, 4) is 0 Å². The minimum Gasteiger partial charge on any atom is -0.373 e. The van der Waals surface area contributed by atoms with E-state index in [-0.39, 0.29) is 5.60 Å². The van der Waals surface area contributed by atoms with Gasteiger partial charge in [-0.15, -0.1) is 0 Å². The Hall–Kier alpha value is -0.770. The molecule has 4 nitrogen and oxygen atoms in total. The Kier molecular flexibility index (Phi) is 7.09. The summed E-state index contributed by atoms with van der Waals surface area (Å²) in [6.45, 7) is 7.12. The molecule has 1 rings (SSSR count). The van der Waals surface area contributed by atoms with Crippen LogP contribution in [0.15, 0.2) is 4.99 Å². The molecule has 106 valence electrons. The lowest BCUT2D eigenvalue weighted by molar-refractivity contribution is 0.0243. The van der Waals surface area contributed by atoms with E-state index < -0.39 is 0 Å². The molecule has 1 saturated heterocycles. The highest BCUT2D eigenvalue weighted by Crippen LogP contribution is 2.23. The minimum absolute atomic E-state index is 0.0141. The Morgan fingerprint density at radius 1 is 1.28 bits per heavy atom. The molecule has 1 aliphatic heterocycles. The Morgan fingerprint density at radius 3 is 2.72 bits per heavy atom. The fraction of sp³-hybridized carbons (Fsp3) is 0.929. The highest BCUT2D eigenvalue weighted by molar-refractivity contribution is 5.79. The fourth-order valence-electron chi connectivity index (χ4n) is 2.23. The molecule has 1 unspecified atom stereocenters. The molecule has 1 fully saturated rings. The van der Waals surface area contributed by atoms with Crippen LogP contribution in [0.3, 0.4) is 0 Å². The van der Waals surface area contributed by atoms with Crippen LogP contribution in [0.1, 0.15) is 52.4 Å². The van der Waals surface area contributed by atoms with E-state index in [1.165, 1.54) is 32.1 Å². The van der Waals surface area contributed by atoms with Gasteiger partial charge in [-0.2, -0.15) is 0 Å². The van der Waals surface area contributed by atoms with E-state index in [0.29, 0.717) is 0 Å². The summed E-state index contributed by atoms with van der Waals surface area (Å²) >= 11 is 0. The molecular weight excluding hydrogens is 226 g/mol. The monoisotopic (exact) mass is 255 g/mol. The van der Waals surface area contributed by atoms with Gasteiger partial charge in [0, 0.05) is 26.7 Å². The predicted octanol–water partition coefficient (Wildman–Crippen LogP) is 2.30. The van der Waals surface area contributed by atoms with Crippen molar-refractivity contribution in [1.82, 2.24) is 10.6 Å². The van der Waals surface area contributed by atoms with Crippen LogP contribution < -0.4 is 10.6 Å². The van der Waals surface area contributed by atoms with Gasteiger partial charge in [0.25, 0.3) is 0 Å². The maximum Gasteiger partial charge on any atom is 0.191 e. The first-order valence-electron chi connectivity index (χ1n) is 7.28. The number of aliphatic imine (C=N–C) groups is 1. The number of guanidine groups is 1. The van der Waals surface area contributed by atoms with E-state index >= 15 is 0 Å². The number of rotatable bonds is 7. The van der Waals surface area contributed by atoms with E-state index in [4.69, 9.17) is 4.74 Å². The zero-order chi connectivity index (χ0) is 13.3. The number of nitrogens with zero attached hydrogens (tertiary/aromatic N) is 1. The average Bonchev–Trinajstić information content (AvgIpc) is 2.80. The van der Waals surface area contributed by atoms with Crippen molar-refractivity contribution in [2.24, 2.45) is 4.99 Å². The van der Waals surface area contributed by atoms with Crippen LogP contribution in [0, 0.1) is 0 Å². The van der Waals surface area contributed by atoms with Gasteiger partial charge < -0.3 is 15.4 Å². The largest absolute Gasteiger partial charge is 0.373 e. The maximum atomic E-state index is 5.75. The molecule has 0 radical (unpaired) electrons. The first kappa shape index (κ1) is 15.3. The van der Waals surface area contributed by atoms with Crippen LogP contribution in [0.5, 0.6) is 0 Å². The van der Waals surface area contributed by atoms with Gasteiger partial charge in [-0.3, -0.25) is 4.99 Å². The Bertz CT molecular complexity index is 247. The molecule has 1 aliphatic rings.